The molecule has 4 aliphatic heterocycles. The second-order valence-corrected chi connectivity index (χ2v) is 9.77. The van der Waals surface area contributed by atoms with Gasteiger partial charge >= 0.3 is 6.09 Å². The van der Waals surface area contributed by atoms with Gasteiger partial charge in [0.25, 0.3) is 5.91 Å². The molecular formula is C23H28FN5O3S. The fraction of sp³-hybridized carbons (Fsp3) is 0.522. The summed E-state index contributed by atoms with van der Waals surface area (Å²) in [6.07, 6.45) is 6.58. The maximum absolute atomic E-state index is 14.0. The molecular weight excluding hydrogens is 445 g/mol. The molecule has 0 bridgehead atoms. The molecule has 5 rings (SSSR count). The van der Waals surface area contributed by atoms with Gasteiger partial charge in [0.05, 0.1) is 4.91 Å². The number of rotatable bonds is 3. The van der Waals surface area contributed by atoms with Gasteiger partial charge in [0.2, 0.25) is 0 Å². The lowest BCUT2D eigenvalue weighted by Gasteiger charge is -2.28. The highest BCUT2D eigenvalue weighted by Gasteiger charge is 2.33. The molecule has 2 amide bonds. The monoisotopic (exact) mass is 473 g/mol. The van der Waals surface area contributed by atoms with E-state index in [0.29, 0.717) is 34.8 Å². The molecule has 0 aromatic heterocycles. The van der Waals surface area contributed by atoms with Gasteiger partial charge in [-0.3, -0.25) is 14.7 Å². The lowest BCUT2D eigenvalue weighted by atomic mass is 10.2. The average Bonchev–Trinajstić information content (AvgIpc) is 3.57. The predicted octanol–water partition coefficient (Wildman–Crippen LogP) is 3.07. The lowest BCUT2D eigenvalue weighted by molar-refractivity contribution is -0.113. The van der Waals surface area contributed by atoms with Crippen molar-refractivity contribution in [2.75, 3.05) is 39.3 Å². The van der Waals surface area contributed by atoms with Crippen molar-refractivity contribution in [1.29, 1.82) is 0 Å². The number of hydrogen-bond acceptors (Lipinski definition) is 7. The van der Waals surface area contributed by atoms with E-state index in [1.807, 2.05) is 5.01 Å². The molecule has 176 valence electrons. The number of nitrogens with zero attached hydrogens (tertiary/aromatic N) is 4. The standard InChI is InChI=1S/C23H28FN5O3S/c24-17-5-6-19(32-23(31)28-12-7-18(15-28)27-9-3-4-10-27)16(13-17)14-20-21(30)26-22(33-20)29-11-2-1-8-25-29/h5-6,13-14,18,25H,1-4,7-12,15H2/b20-14-/t18-/m1/s1. The van der Waals surface area contributed by atoms with E-state index in [9.17, 15) is 14.0 Å². The van der Waals surface area contributed by atoms with E-state index >= 15 is 0 Å². The number of amides is 2. The van der Waals surface area contributed by atoms with Crippen molar-refractivity contribution in [2.24, 2.45) is 4.99 Å². The Labute approximate surface area is 196 Å². The van der Waals surface area contributed by atoms with Crippen LogP contribution in [0.4, 0.5) is 9.18 Å². The lowest BCUT2D eigenvalue weighted by Crippen LogP contribution is -2.45. The minimum atomic E-state index is -0.466. The van der Waals surface area contributed by atoms with Gasteiger partial charge in [-0.15, -0.1) is 0 Å². The molecule has 0 saturated carbocycles. The molecule has 8 nitrogen and oxygen atoms in total. The first kappa shape index (κ1) is 22.4. The Balaban J connectivity index is 1.27. The van der Waals surface area contributed by atoms with Gasteiger partial charge in [-0.25, -0.2) is 14.6 Å². The Hall–Kier alpha value is -2.43. The van der Waals surface area contributed by atoms with Crippen molar-refractivity contribution in [3.8, 4) is 5.75 Å². The Kier molecular flexibility index (Phi) is 6.66. The van der Waals surface area contributed by atoms with Crippen LogP contribution in [0.15, 0.2) is 28.1 Å². The first-order valence-electron chi connectivity index (χ1n) is 11.6. The predicted molar refractivity (Wildman–Crippen MR) is 125 cm³/mol. The molecule has 0 unspecified atom stereocenters. The molecule has 33 heavy (non-hydrogen) atoms. The van der Waals surface area contributed by atoms with Crippen LogP contribution >= 0.6 is 11.8 Å². The minimum Gasteiger partial charge on any atom is -0.410 e. The summed E-state index contributed by atoms with van der Waals surface area (Å²) in [7, 11) is 0. The van der Waals surface area contributed by atoms with Crippen molar-refractivity contribution >= 4 is 35.0 Å². The van der Waals surface area contributed by atoms with Gasteiger partial charge in [-0.2, -0.15) is 4.99 Å². The van der Waals surface area contributed by atoms with Crippen LogP contribution < -0.4 is 10.2 Å². The van der Waals surface area contributed by atoms with Crippen LogP contribution in [0, 0.1) is 5.82 Å². The van der Waals surface area contributed by atoms with Crippen molar-refractivity contribution in [2.45, 2.75) is 38.1 Å². The highest BCUT2D eigenvalue weighted by molar-refractivity contribution is 8.18. The summed E-state index contributed by atoms with van der Waals surface area (Å²) in [4.78, 5) is 34.0. The van der Waals surface area contributed by atoms with E-state index in [0.717, 1.165) is 45.4 Å². The molecule has 1 atom stereocenters. The fourth-order valence-corrected chi connectivity index (χ4v) is 5.61. The summed E-state index contributed by atoms with van der Waals surface area (Å²) in [5.41, 5.74) is 3.58. The highest BCUT2D eigenvalue weighted by Crippen LogP contribution is 2.33. The maximum Gasteiger partial charge on any atom is 0.415 e. The van der Waals surface area contributed by atoms with E-state index in [4.69, 9.17) is 4.74 Å². The van der Waals surface area contributed by atoms with E-state index in [2.05, 4.69) is 15.3 Å². The van der Waals surface area contributed by atoms with Gasteiger partial charge in [-0.1, -0.05) is 0 Å². The van der Waals surface area contributed by atoms with Crippen LogP contribution in [0.2, 0.25) is 0 Å². The molecule has 0 spiro atoms. The number of amidine groups is 1. The second kappa shape index (κ2) is 9.82. The number of ether oxygens (including phenoxy) is 1. The normalized spacial score (nSPS) is 25.2. The number of thioether (sulfide) groups is 1. The Morgan fingerprint density at radius 3 is 2.79 bits per heavy atom. The van der Waals surface area contributed by atoms with E-state index in [1.54, 1.807) is 11.0 Å². The molecule has 4 aliphatic rings. The summed E-state index contributed by atoms with van der Waals surface area (Å²) in [5.74, 6) is -0.611. The maximum atomic E-state index is 14.0. The number of likely N-dealkylation sites (tertiary alicyclic amines) is 2. The van der Waals surface area contributed by atoms with Gasteiger partial charge in [0, 0.05) is 37.8 Å². The van der Waals surface area contributed by atoms with E-state index < -0.39 is 11.9 Å². The zero-order valence-corrected chi connectivity index (χ0v) is 19.3. The number of aliphatic imine (C=N–C) groups is 1. The van der Waals surface area contributed by atoms with Crippen LogP contribution in [-0.2, 0) is 4.79 Å². The van der Waals surface area contributed by atoms with Gasteiger partial charge in [-0.05, 0) is 81.2 Å². The molecule has 0 aliphatic carbocycles. The van der Waals surface area contributed by atoms with Crippen molar-refractivity contribution in [3.63, 3.8) is 0 Å². The Bertz CT molecular complexity index is 988. The third-order valence-electron chi connectivity index (χ3n) is 6.49. The van der Waals surface area contributed by atoms with Crippen LogP contribution in [0.5, 0.6) is 5.75 Å². The Morgan fingerprint density at radius 2 is 2.00 bits per heavy atom. The number of benzene rings is 1. The molecule has 3 fully saturated rings. The molecule has 0 radical (unpaired) electrons. The third-order valence-corrected chi connectivity index (χ3v) is 7.49. The summed E-state index contributed by atoms with van der Waals surface area (Å²) in [6.45, 7) is 5.09. The van der Waals surface area contributed by atoms with Crippen LogP contribution in [-0.4, -0.2) is 77.3 Å². The van der Waals surface area contributed by atoms with Gasteiger partial charge < -0.3 is 9.64 Å². The molecule has 10 heteroatoms. The van der Waals surface area contributed by atoms with Crippen LogP contribution in [0.1, 0.15) is 37.7 Å². The number of carbonyl (C=O) groups is 2. The molecule has 1 aromatic carbocycles. The number of hydrazine groups is 1. The zero-order chi connectivity index (χ0) is 22.8. The number of halogens is 1. The van der Waals surface area contributed by atoms with Crippen LogP contribution in [0.3, 0.4) is 0 Å². The van der Waals surface area contributed by atoms with Crippen LogP contribution in [0.25, 0.3) is 6.08 Å². The zero-order valence-electron chi connectivity index (χ0n) is 18.5. The molecule has 1 N–H and O–H groups in total. The molecule has 1 aromatic rings. The summed E-state index contributed by atoms with van der Waals surface area (Å²) in [6, 6.07) is 4.34. The third kappa shape index (κ3) is 5.07. The minimum absolute atomic E-state index is 0.233. The van der Waals surface area contributed by atoms with Gasteiger partial charge in [0.1, 0.15) is 11.6 Å². The quantitative estimate of drug-likeness (QED) is 0.676. The first-order chi connectivity index (χ1) is 16.1. The fourth-order valence-electron chi connectivity index (χ4n) is 4.70. The first-order valence-corrected chi connectivity index (χ1v) is 12.4. The Morgan fingerprint density at radius 1 is 1.18 bits per heavy atom. The largest absolute Gasteiger partial charge is 0.415 e. The smallest absolute Gasteiger partial charge is 0.410 e. The van der Waals surface area contributed by atoms with Gasteiger partial charge in [0.15, 0.2) is 5.17 Å². The highest BCUT2D eigenvalue weighted by atomic mass is 32.2. The number of carbonyl (C=O) groups excluding carboxylic acids is 2. The summed E-state index contributed by atoms with van der Waals surface area (Å²) < 4.78 is 19.7. The van der Waals surface area contributed by atoms with E-state index in [-0.39, 0.29) is 11.7 Å². The van der Waals surface area contributed by atoms with Crippen molar-refractivity contribution < 1.29 is 18.7 Å². The number of nitrogens with one attached hydrogen (secondary N) is 1. The summed E-state index contributed by atoms with van der Waals surface area (Å²) >= 11 is 1.24. The van der Waals surface area contributed by atoms with Crippen molar-refractivity contribution in [1.82, 2.24) is 20.2 Å². The second-order valence-electron chi connectivity index (χ2n) is 8.76. The summed E-state index contributed by atoms with van der Waals surface area (Å²) in [5, 5.41) is 2.47. The number of hydrogen-bond donors (Lipinski definition) is 1. The SMILES string of the molecule is O=C1N=C(N2CCCCN2)S/C1=C\c1cc(F)ccc1OC(=O)N1CC[C@@H](N2CCCC2)C1. The molecule has 4 heterocycles. The topological polar surface area (TPSA) is 77.5 Å². The molecule has 3 saturated heterocycles. The van der Waals surface area contributed by atoms with E-state index in [1.165, 1.54) is 42.8 Å². The van der Waals surface area contributed by atoms with Crippen molar-refractivity contribution in [3.05, 3.63) is 34.5 Å². The average molecular weight is 474 g/mol.